The van der Waals surface area contributed by atoms with Crippen molar-refractivity contribution in [2.75, 3.05) is 7.05 Å². The number of hydrazone groups is 1. The van der Waals surface area contributed by atoms with Gasteiger partial charge in [-0.15, -0.1) is 11.3 Å². The van der Waals surface area contributed by atoms with E-state index in [2.05, 4.69) is 15.8 Å². The molecule has 1 aromatic heterocycles. The molecule has 0 unspecified atom stereocenters. The molecule has 0 atom stereocenters. The number of hydrogen-bond donors (Lipinski definition) is 2. The average molecular weight is 211 g/mol. The monoisotopic (exact) mass is 211 g/mol. The molecule has 2 amide bonds. The van der Waals surface area contributed by atoms with Gasteiger partial charge in [-0.3, -0.25) is 9.59 Å². The second-order valence-electron chi connectivity index (χ2n) is 2.29. The highest BCUT2D eigenvalue weighted by Crippen LogP contribution is 2.03. The van der Waals surface area contributed by atoms with E-state index in [0.717, 1.165) is 4.88 Å². The molecular formula is C8H9N3O2S. The van der Waals surface area contributed by atoms with Gasteiger partial charge in [0.15, 0.2) is 0 Å². The standard InChI is InChI=1S/C8H9N3O2S/c1-9-7(12)8(13)11-10-5-6-3-2-4-14-6/h2-5H,1H3,(H,9,12)(H,11,13)/b10-5-. The van der Waals surface area contributed by atoms with E-state index in [1.54, 1.807) is 0 Å². The smallest absolute Gasteiger partial charge is 0.329 e. The van der Waals surface area contributed by atoms with Crippen LogP contribution in [0.4, 0.5) is 0 Å². The molecule has 1 rings (SSSR count). The molecular weight excluding hydrogens is 202 g/mol. The first kappa shape index (κ1) is 10.4. The minimum atomic E-state index is -0.777. The Morgan fingerprint density at radius 3 is 2.86 bits per heavy atom. The summed E-state index contributed by atoms with van der Waals surface area (Å²) in [5, 5.41) is 7.68. The Bertz CT molecular complexity index is 345. The molecule has 0 aliphatic rings. The number of nitrogens with zero attached hydrogens (tertiary/aromatic N) is 1. The Labute approximate surface area is 84.8 Å². The molecule has 14 heavy (non-hydrogen) atoms. The number of carbonyl (C=O) groups excluding carboxylic acids is 2. The zero-order chi connectivity index (χ0) is 10.4. The van der Waals surface area contributed by atoms with Gasteiger partial charge >= 0.3 is 11.8 Å². The molecule has 0 saturated heterocycles. The number of rotatable bonds is 2. The third kappa shape index (κ3) is 2.98. The molecule has 1 aromatic rings. The normalized spacial score (nSPS) is 10.1. The van der Waals surface area contributed by atoms with Crippen molar-refractivity contribution in [2.45, 2.75) is 0 Å². The highest BCUT2D eigenvalue weighted by atomic mass is 32.1. The van der Waals surface area contributed by atoms with Crippen LogP contribution in [0.2, 0.25) is 0 Å². The number of nitrogens with one attached hydrogen (secondary N) is 2. The zero-order valence-electron chi connectivity index (χ0n) is 7.48. The van der Waals surface area contributed by atoms with Crippen LogP contribution in [0, 0.1) is 0 Å². The first-order valence-electron chi connectivity index (χ1n) is 3.82. The van der Waals surface area contributed by atoms with Crippen LogP contribution in [0.15, 0.2) is 22.6 Å². The third-order valence-electron chi connectivity index (χ3n) is 1.33. The maximum atomic E-state index is 10.9. The van der Waals surface area contributed by atoms with Crippen LogP contribution in [-0.2, 0) is 9.59 Å². The Hall–Kier alpha value is -1.69. The molecule has 0 aromatic carbocycles. The fraction of sp³-hybridized carbons (Fsp3) is 0.125. The van der Waals surface area contributed by atoms with Crippen LogP contribution in [-0.4, -0.2) is 25.1 Å². The lowest BCUT2D eigenvalue weighted by molar-refractivity contribution is -0.138. The minimum Gasteiger partial charge on any atom is -0.351 e. The summed E-state index contributed by atoms with van der Waals surface area (Å²) >= 11 is 1.49. The van der Waals surface area contributed by atoms with Gasteiger partial charge in [0, 0.05) is 11.9 Å². The molecule has 74 valence electrons. The van der Waals surface area contributed by atoms with Crippen LogP contribution >= 0.6 is 11.3 Å². The lowest BCUT2D eigenvalue weighted by atomic mass is 10.5. The number of carbonyl (C=O) groups is 2. The van der Waals surface area contributed by atoms with E-state index in [9.17, 15) is 9.59 Å². The van der Waals surface area contributed by atoms with Crippen LogP contribution in [0.25, 0.3) is 0 Å². The summed E-state index contributed by atoms with van der Waals surface area (Å²) in [6.07, 6.45) is 1.48. The second kappa shape index (κ2) is 5.13. The molecule has 6 heteroatoms. The number of hydrogen-bond acceptors (Lipinski definition) is 4. The van der Waals surface area contributed by atoms with Crippen molar-refractivity contribution in [3.05, 3.63) is 22.4 Å². The predicted octanol–water partition coefficient (Wildman–Crippen LogP) is -0.0558. The van der Waals surface area contributed by atoms with Crippen molar-refractivity contribution >= 4 is 29.4 Å². The van der Waals surface area contributed by atoms with Gasteiger partial charge in [0.25, 0.3) is 0 Å². The molecule has 1 heterocycles. The molecule has 0 bridgehead atoms. The van der Waals surface area contributed by atoms with Gasteiger partial charge in [-0.25, -0.2) is 5.43 Å². The van der Waals surface area contributed by atoms with Gasteiger partial charge in [-0.05, 0) is 11.4 Å². The van der Waals surface area contributed by atoms with Crippen LogP contribution in [0.1, 0.15) is 4.88 Å². The topological polar surface area (TPSA) is 70.6 Å². The summed E-state index contributed by atoms with van der Waals surface area (Å²) in [5.41, 5.74) is 2.10. The van der Waals surface area contributed by atoms with Crippen molar-refractivity contribution < 1.29 is 9.59 Å². The average Bonchev–Trinajstić information content (AvgIpc) is 2.69. The summed E-state index contributed by atoms with van der Waals surface area (Å²) in [7, 11) is 1.38. The number of thiophene rings is 1. The van der Waals surface area contributed by atoms with Gasteiger partial charge < -0.3 is 5.32 Å². The van der Waals surface area contributed by atoms with Crippen LogP contribution in [0.5, 0.6) is 0 Å². The predicted molar refractivity (Wildman–Crippen MR) is 54.1 cm³/mol. The van der Waals surface area contributed by atoms with E-state index in [-0.39, 0.29) is 0 Å². The fourth-order valence-electron chi connectivity index (χ4n) is 0.684. The maximum Gasteiger partial charge on any atom is 0.329 e. The van der Waals surface area contributed by atoms with Crippen LogP contribution < -0.4 is 10.7 Å². The van der Waals surface area contributed by atoms with Gasteiger partial charge in [0.1, 0.15) is 0 Å². The molecule has 0 radical (unpaired) electrons. The van der Waals surface area contributed by atoms with E-state index >= 15 is 0 Å². The second-order valence-corrected chi connectivity index (χ2v) is 3.27. The Balaban J connectivity index is 2.41. The van der Waals surface area contributed by atoms with Crippen molar-refractivity contribution in [3.63, 3.8) is 0 Å². The molecule has 2 N–H and O–H groups in total. The van der Waals surface area contributed by atoms with Crippen molar-refractivity contribution in [3.8, 4) is 0 Å². The number of amides is 2. The first-order valence-corrected chi connectivity index (χ1v) is 4.70. The summed E-state index contributed by atoms with van der Waals surface area (Å²) < 4.78 is 0. The fourth-order valence-corrected chi connectivity index (χ4v) is 1.27. The van der Waals surface area contributed by atoms with E-state index < -0.39 is 11.8 Å². The maximum absolute atomic E-state index is 10.9. The third-order valence-corrected chi connectivity index (χ3v) is 2.14. The summed E-state index contributed by atoms with van der Waals surface area (Å²) in [5.74, 6) is -1.49. The Morgan fingerprint density at radius 2 is 2.29 bits per heavy atom. The molecule has 5 nitrogen and oxygen atoms in total. The SMILES string of the molecule is CNC(=O)C(=O)N/N=C\c1cccs1. The quantitative estimate of drug-likeness (QED) is 0.409. The highest BCUT2D eigenvalue weighted by molar-refractivity contribution is 7.11. The van der Waals surface area contributed by atoms with E-state index in [1.807, 2.05) is 17.5 Å². The zero-order valence-corrected chi connectivity index (χ0v) is 8.30. The Kier molecular flexibility index (Phi) is 3.81. The van der Waals surface area contributed by atoms with Crippen LogP contribution in [0.3, 0.4) is 0 Å². The molecule has 0 spiro atoms. The van der Waals surface area contributed by atoms with Crippen molar-refractivity contribution in [1.82, 2.24) is 10.7 Å². The summed E-state index contributed by atoms with van der Waals surface area (Å²) in [6, 6.07) is 3.72. The van der Waals surface area contributed by atoms with Gasteiger partial charge in [0.2, 0.25) is 0 Å². The van der Waals surface area contributed by atoms with E-state index in [0.29, 0.717) is 0 Å². The Morgan fingerprint density at radius 1 is 1.50 bits per heavy atom. The first-order chi connectivity index (χ1) is 6.74. The highest BCUT2D eigenvalue weighted by Gasteiger charge is 2.08. The van der Waals surface area contributed by atoms with Crippen molar-refractivity contribution in [2.24, 2.45) is 5.10 Å². The summed E-state index contributed by atoms with van der Waals surface area (Å²) in [6.45, 7) is 0. The largest absolute Gasteiger partial charge is 0.351 e. The van der Waals surface area contributed by atoms with Crippen molar-refractivity contribution in [1.29, 1.82) is 0 Å². The molecule has 0 aliphatic carbocycles. The summed E-state index contributed by atoms with van der Waals surface area (Å²) in [4.78, 5) is 22.5. The molecule has 0 saturated carbocycles. The van der Waals surface area contributed by atoms with Gasteiger partial charge in [0.05, 0.1) is 6.21 Å². The minimum absolute atomic E-state index is 0.715. The number of likely N-dealkylation sites (N-methyl/N-ethyl adjacent to an activating group) is 1. The van der Waals surface area contributed by atoms with E-state index in [4.69, 9.17) is 0 Å². The van der Waals surface area contributed by atoms with E-state index in [1.165, 1.54) is 24.6 Å². The molecule has 0 fully saturated rings. The van der Waals surface area contributed by atoms with Gasteiger partial charge in [-0.2, -0.15) is 5.10 Å². The molecule has 0 aliphatic heterocycles. The lowest BCUT2D eigenvalue weighted by Crippen LogP contribution is -2.35. The lowest BCUT2D eigenvalue weighted by Gasteiger charge is -1.95. The van der Waals surface area contributed by atoms with Gasteiger partial charge in [-0.1, -0.05) is 6.07 Å².